The second-order valence-electron chi connectivity index (χ2n) is 10.5. The van der Waals surface area contributed by atoms with Gasteiger partial charge in [-0.1, -0.05) is 12.1 Å². The lowest BCUT2D eigenvalue weighted by atomic mass is 10.1. The molecule has 19 heteroatoms. The second kappa shape index (κ2) is 12.3. The topological polar surface area (TPSA) is 191 Å². The van der Waals surface area contributed by atoms with E-state index in [2.05, 4.69) is 14.7 Å². The van der Waals surface area contributed by atoms with Crippen LogP contribution in [-0.4, -0.2) is 70.2 Å². The number of aromatic nitrogens is 2. The van der Waals surface area contributed by atoms with Gasteiger partial charge < -0.3 is 20.5 Å². The maximum atomic E-state index is 14.6. The highest BCUT2D eigenvalue weighted by Gasteiger charge is 2.45. The molecule has 2 aliphatic heterocycles. The number of carbonyl (C=O) groups excluding carboxylic acids is 6. The van der Waals surface area contributed by atoms with E-state index in [1.807, 2.05) is 0 Å². The Morgan fingerprint density at radius 3 is 2.33 bits per heavy atom. The van der Waals surface area contributed by atoms with Crippen LogP contribution >= 0.6 is 11.5 Å². The van der Waals surface area contributed by atoms with Crippen molar-refractivity contribution in [3.63, 3.8) is 0 Å². The number of primary amides is 1. The average Bonchev–Trinajstić information content (AvgIpc) is 3.57. The van der Waals surface area contributed by atoms with Gasteiger partial charge in [-0.15, -0.1) is 0 Å². The third-order valence-electron chi connectivity index (χ3n) is 7.45. The van der Waals surface area contributed by atoms with Crippen molar-refractivity contribution in [2.75, 3.05) is 28.3 Å². The number of nitrogens with zero attached hydrogens (tertiary/aromatic N) is 4. The smallest absolute Gasteiger partial charge is 0.433 e. The molecule has 2 aliphatic rings. The zero-order chi connectivity index (χ0) is 35.4. The Labute approximate surface area is 275 Å². The lowest BCUT2D eigenvalue weighted by molar-refractivity contribution is -0.167. The molecule has 0 saturated carbocycles. The number of anilines is 3. The third kappa shape index (κ3) is 5.82. The highest BCUT2D eigenvalue weighted by Crippen LogP contribution is 2.39. The molecule has 2 aromatic heterocycles. The van der Waals surface area contributed by atoms with Gasteiger partial charge in [0.05, 0.1) is 40.2 Å². The van der Waals surface area contributed by atoms with Crippen LogP contribution in [0.5, 0.6) is 0 Å². The van der Waals surface area contributed by atoms with Crippen molar-refractivity contribution in [3.8, 4) is 0 Å². The average molecular weight is 701 g/mol. The number of nitrogens with two attached hydrogens (primary N) is 1. The van der Waals surface area contributed by atoms with Gasteiger partial charge in [0.2, 0.25) is 6.10 Å². The molecule has 1 saturated heterocycles. The fourth-order valence-corrected chi connectivity index (χ4v) is 6.25. The Balaban J connectivity index is 1.32. The maximum Gasteiger partial charge on any atom is 0.433 e. The molecule has 6 rings (SSSR count). The summed E-state index contributed by atoms with van der Waals surface area (Å²) in [5.41, 5.74) is 3.88. The molecule has 2 aromatic carbocycles. The zero-order valence-corrected chi connectivity index (χ0v) is 25.6. The molecule has 0 aliphatic carbocycles. The summed E-state index contributed by atoms with van der Waals surface area (Å²) in [6.07, 6.45) is -9.06. The van der Waals surface area contributed by atoms with Gasteiger partial charge in [-0.05, 0) is 47.9 Å². The minimum absolute atomic E-state index is 0.0585. The molecule has 5 amide bonds. The van der Waals surface area contributed by atoms with Crippen molar-refractivity contribution in [2.24, 2.45) is 5.73 Å². The van der Waals surface area contributed by atoms with Crippen LogP contribution in [0.15, 0.2) is 48.5 Å². The van der Waals surface area contributed by atoms with E-state index < -0.39 is 84.4 Å². The summed E-state index contributed by atoms with van der Waals surface area (Å²) in [4.78, 5) is 82.5. The first kappa shape index (κ1) is 33.1. The SMILES string of the molecule is CC(=O)OC(C(=O)Nc1ccc2c(N3C(=O)c4ccccc4C3=O)nsc2c1C(N)=O)C1OCCN(c2nc(C(F)(F)F)ccc2F)C1=O. The molecule has 3 N–H and O–H groups in total. The molecule has 2 unspecified atom stereocenters. The summed E-state index contributed by atoms with van der Waals surface area (Å²) >= 11 is 0.688. The lowest BCUT2D eigenvalue weighted by Gasteiger charge is -2.34. The van der Waals surface area contributed by atoms with Gasteiger partial charge in [-0.25, -0.2) is 14.3 Å². The number of esters is 1. The van der Waals surface area contributed by atoms with E-state index in [1.54, 1.807) is 12.1 Å². The molecule has 1 fully saturated rings. The van der Waals surface area contributed by atoms with Gasteiger partial charge in [-0.2, -0.15) is 17.5 Å². The number of rotatable bonds is 7. The Morgan fingerprint density at radius 1 is 1.04 bits per heavy atom. The summed E-state index contributed by atoms with van der Waals surface area (Å²) in [7, 11) is 0. The first-order valence-electron chi connectivity index (χ1n) is 14.0. The van der Waals surface area contributed by atoms with E-state index >= 15 is 0 Å². The van der Waals surface area contributed by atoms with Gasteiger partial charge in [0.15, 0.2) is 23.6 Å². The van der Waals surface area contributed by atoms with Crippen molar-refractivity contribution in [3.05, 3.63) is 76.7 Å². The molecule has 252 valence electrons. The number of halogens is 4. The van der Waals surface area contributed by atoms with Gasteiger partial charge in [0, 0.05) is 12.3 Å². The Morgan fingerprint density at radius 2 is 1.71 bits per heavy atom. The molecule has 0 spiro atoms. The number of fused-ring (bicyclic) bond motifs is 2. The van der Waals surface area contributed by atoms with Crippen molar-refractivity contribution < 1.29 is 55.8 Å². The predicted molar refractivity (Wildman–Crippen MR) is 161 cm³/mol. The molecular weight excluding hydrogens is 680 g/mol. The molecule has 2 atom stereocenters. The number of amides is 5. The minimum atomic E-state index is -4.97. The van der Waals surface area contributed by atoms with E-state index in [0.29, 0.717) is 28.6 Å². The molecule has 0 radical (unpaired) electrons. The van der Waals surface area contributed by atoms with Crippen molar-refractivity contribution in [1.82, 2.24) is 9.36 Å². The fraction of sp³-hybridized carbons (Fsp3) is 0.200. The quantitative estimate of drug-likeness (QED) is 0.165. The van der Waals surface area contributed by atoms with Gasteiger partial charge in [0.25, 0.3) is 29.5 Å². The predicted octanol–water partition coefficient (Wildman–Crippen LogP) is 3.05. The molecule has 14 nitrogen and oxygen atoms in total. The van der Waals surface area contributed by atoms with Crippen LogP contribution in [0.2, 0.25) is 0 Å². The number of morpholine rings is 1. The highest BCUT2D eigenvalue weighted by molar-refractivity contribution is 7.14. The minimum Gasteiger partial charge on any atom is -0.449 e. The Kier molecular flexibility index (Phi) is 8.32. The maximum absolute atomic E-state index is 14.6. The van der Waals surface area contributed by atoms with Crippen molar-refractivity contribution >= 4 is 74.4 Å². The monoisotopic (exact) mass is 700 g/mol. The Hall–Kier alpha value is -5.82. The van der Waals surface area contributed by atoms with Crippen LogP contribution in [0.3, 0.4) is 0 Å². The van der Waals surface area contributed by atoms with Crippen LogP contribution in [-0.2, 0) is 30.0 Å². The van der Waals surface area contributed by atoms with Crippen molar-refractivity contribution in [1.29, 1.82) is 0 Å². The second-order valence-corrected chi connectivity index (χ2v) is 11.3. The highest BCUT2D eigenvalue weighted by atomic mass is 32.1. The third-order valence-corrected chi connectivity index (χ3v) is 8.32. The first-order valence-corrected chi connectivity index (χ1v) is 14.8. The van der Waals surface area contributed by atoms with Gasteiger partial charge >= 0.3 is 12.1 Å². The molecule has 4 aromatic rings. The number of benzene rings is 2. The molecule has 49 heavy (non-hydrogen) atoms. The van der Waals surface area contributed by atoms with Crippen LogP contribution in [0, 0.1) is 5.82 Å². The number of carbonyl (C=O) groups is 6. The molecule has 0 bridgehead atoms. The summed E-state index contributed by atoms with van der Waals surface area (Å²) in [6, 6.07) is 9.50. The normalized spacial score (nSPS) is 16.9. The number of imide groups is 1. The molecule has 4 heterocycles. The van der Waals surface area contributed by atoms with E-state index in [-0.39, 0.29) is 38.3 Å². The van der Waals surface area contributed by atoms with Gasteiger partial charge in [-0.3, -0.25) is 33.7 Å². The van der Waals surface area contributed by atoms with E-state index in [0.717, 1.165) is 11.8 Å². The van der Waals surface area contributed by atoms with Gasteiger partial charge in [0.1, 0.15) is 5.69 Å². The summed E-state index contributed by atoms with van der Waals surface area (Å²) < 4.78 is 69.2. The first-order chi connectivity index (χ1) is 23.2. The number of nitrogens with one attached hydrogen (secondary N) is 1. The Bertz CT molecular complexity index is 2070. The standard InChI is InChI=1S/C30H20F4N6O8S/c1-12(41)48-20(21-29(46)39(10-11-47-21)25-16(31)7-9-18(37-25)30(32,33)34)26(43)36-17-8-6-15-22(19(17)23(35)42)49-38-24(15)40-27(44)13-4-2-3-5-14(13)28(40)45/h2-9,20-21H,10-11H2,1H3,(H2,35,42)(H,36,43). The summed E-state index contributed by atoms with van der Waals surface area (Å²) in [5, 5.41) is 2.49. The van der Waals surface area contributed by atoms with Crippen molar-refractivity contribution in [2.45, 2.75) is 25.3 Å². The number of hydrogen-bond acceptors (Lipinski definition) is 11. The number of hydrogen-bond donors (Lipinski definition) is 2. The summed E-state index contributed by atoms with van der Waals surface area (Å²) in [5.74, 6) is -8.31. The van der Waals surface area contributed by atoms with Crippen LogP contribution in [0.1, 0.15) is 43.7 Å². The van der Waals surface area contributed by atoms with E-state index in [4.69, 9.17) is 15.2 Å². The zero-order valence-electron chi connectivity index (χ0n) is 24.7. The summed E-state index contributed by atoms with van der Waals surface area (Å²) in [6.45, 7) is 0.00931. The number of ether oxygens (including phenoxy) is 2. The van der Waals surface area contributed by atoms with Crippen LogP contribution in [0.4, 0.5) is 34.9 Å². The number of pyridine rings is 1. The number of alkyl halides is 3. The van der Waals surface area contributed by atoms with Crippen LogP contribution in [0.25, 0.3) is 10.1 Å². The van der Waals surface area contributed by atoms with E-state index in [9.17, 15) is 46.3 Å². The largest absolute Gasteiger partial charge is 0.449 e. The lowest BCUT2D eigenvalue weighted by Crippen LogP contribution is -2.57. The molecular formula is C30H20F4N6O8S. The fourth-order valence-electron chi connectivity index (χ4n) is 5.33. The van der Waals surface area contributed by atoms with E-state index in [1.165, 1.54) is 24.3 Å². The van der Waals surface area contributed by atoms with Crippen LogP contribution < -0.4 is 20.9 Å².